The van der Waals surface area contributed by atoms with E-state index in [1.807, 2.05) is 0 Å². The second-order valence-electron chi connectivity index (χ2n) is 5.52. The highest BCUT2D eigenvalue weighted by atomic mass is 19.1. The van der Waals surface area contributed by atoms with Crippen molar-refractivity contribution in [3.8, 4) is 0 Å². The zero-order valence-corrected chi connectivity index (χ0v) is 13.6. The molecule has 1 fully saturated rings. The Labute approximate surface area is 137 Å². The molecule has 1 aliphatic heterocycles. The van der Waals surface area contributed by atoms with Crippen molar-refractivity contribution < 1.29 is 33.0 Å². The predicted octanol–water partition coefficient (Wildman–Crippen LogP) is 2.05. The number of cyclic esters (lactones) is 2. The molecule has 128 valence electrons. The lowest BCUT2D eigenvalue weighted by Gasteiger charge is -2.29. The molecular weight excluding hydrogens is 321 g/mol. The van der Waals surface area contributed by atoms with E-state index in [4.69, 9.17) is 9.47 Å². The van der Waals surface area contributed by atoms with E-state index < -0.39 is 35.1 Å². The van der Waals surface area contributed by atoms with Gasteiger partial charge in [-0.3, -0.25) is 0 Å². The molecule has 0 aliphatic carbocycles. The molecule has 0 atom stereocenters. The van der Waals surface area contributed by atoms with Gasteiger partial charge in [-0.1, -0.05) is 0 Å². The maximum absolute atomic E-state index is 13.8. The quantitative estimate of drug-likeness (QED) is 0.513. The van der Waals surface area contributed by atoms with Crippen LogP contribution in [0.15, 0.2) is 23.9 Å². The van der Waals surface area contributed by atoms with Crippen molar-refractivity contribution in [2.45, 2.75) is 26.6 Å². The Hall–Kier alpha value is -2.90. The normalized spacial score (nSPS) is 16.1. The molecule has 1 N–H and O–H groups in total. The first-order valence-corrected chi connectivity index (χ1v) is 6.96. The fraction of sp³-hybridized carbons (Fsp3) is 0.312. The molecule has 0 spiro atoms. The van der Waals surface area contributed by atoms with Crippen molar-refractivity contribution >= 4 is 23.6 Å². The summed E-state index contributed by atoms with van der Waals surface area (Å²) < 4.78 is 28.2. The molecular formula is C16H16FNO6. The number of methoxy groups -OCH3 is 1. The van der Waals surface area contributed by atoms with Gasteiger partial charge in [0.2, 0.25) is 0 Å². The topological polar surface area (TPSA) is 90.9 Å². The minimum absolute atomic E-state index is 0.0304. The van der Waals surface area contributed by atoms with Crippen molar-refractivity contribution in [1.29, 1.82) is 0 Å². The Bertz CT molecular complexity index is 731. The Kier molecular flexibility index (Phi) is 4.59. The highest BCUT2D eigenvalue weighted by Gasteiger charge is 2.39. The molecule has 1 aliphatic rings. The minimum atomic E-state index is -1.36. The summed E-state index contributed by atoms with van der Waals surface area (Å²) in [6, 6.07) is 2.35. The maximum atomic E-state index is 13.8. The van der Waals surface area contributed by atoms with Crippen LogP contribution in [0, 0.1) is 12.7 Å². The third kappa shape index (κ3) is 3.53. The van der Waals surface area contributed by atoms with Crippen molar-refractivity contribution in [3.63, 3.8) is 0 Å². The summed E-state index contributed by atoms with van der Waals surface area (Å²) in [5, 5.41) is 2.55. The van der Waals surface area contributed by atoms with E-state index in [2.05, 4.69) is 10.1 Å². The van der Waals surface area contributed by atoms with Gasteiger partial charge in [-0.15, -0.1) is 0 Å². The van der Waals surface area contributed by atoms with Gasteiger partial charge in [0.25, 0.3) is 5.79 Å². The van der Waals surface area contributed by atoms with Gasteiger partial charge in [-0.05, 0) is 24.6 Å². The maximum Gasteiger partial charge on any atom is 0.350 e. The first kappa shape index (κ1) is 17.5. The summed E-state index contributed by atoms with van der Waals surface area (Å²) in [7, 11) is 1.18. The van der Waals surface area contributed by atoms with Crippen LogP contribution in [0.25, 0.3) is 0 Å². The average Bonchev–Trinajstić information content (AvgIpc) is 2.47. The molecule has 2 rings (SSSR count). The van der Waals surface area contributed by atoms with Gasteiger partial charge in [0, 0.05) is 20.0 Å². The minimum Gasteiger partial charge on any atom is -0.465 e. The van der Waals surface area contributed by atoms with Gasteiger partial charge in [0.1, 0.15) is 5.82 Å². The van der Waals surface area contributed by atoms with Crippen LogP contribution in [-0.2, 0) is 23.8 Å². The van der Waals surface area contributed by atoms with E-state index in [-0.39, 0.29) is 16.8 Å². The summed E-state index contributed by atoms with van der Waals surface area (Å²) in [5.74, 6) is -4.42. The van der Waals surface area contributed by atoms with Crippen molar-refractivity contribution in [2.24, 2.45) is 0 Å². The lowest BCUT2D eigenvalue weighted by Crippen LogP contribution is -2.42. The van der Waals surface area contributed by atoms with E-state index in [9.17, 15) is 18.8 Å². The van der Waals surface area contributed by atoms with Gasteiger partial charge >= 0.3 is 17.9 Å². The zero-order chi connectivity index (χ0) is 18.1. The van der Waals surface area contributed by atoms with E-state index >= 15 is 0 Å². The number of carbonyl (C=O) groups is 3. The summed E-state index contributed by atoms with van der Waals surface area (Å²) in [5.41, 5.74) is -0.0908. The van der Waals surface area contributed by atoms with E-state index in [0.717, 1.165) is 12.3 Å². The number of esters is 3. The Morgan fingerprint density at radius 3 is 2.38 bits per heavy atom. The molecule has 7 nitrogen and oxygen atoms in total. The van der Waals surface area contributed by atoms with Gasteiger partial charge in [0.05, 0.1) is 18.4 Å². The van der Waals surface area contributed by atoms with Crippen LogP contribution in [0.3, 0.4) is 0 Å². The number of carbonyl (C=O) groups excluding carboxylic acids is 3. The highest BCUT2D eigenvalue weighted by Crippen LogP contribution is 2.25. The number of ether oxygens (including phenoxy) is 3. The fourth-order valence-corrected chi connectivity index (χ4v) is 2.01. The largest absolute Gasteiger partial charge is 0.465 e. The van der Waals surface area contributed by atoms with Crippen molar-refractivity contribution in [2.75, 3.05) is 12.4 Å². The van der Waals surface area contributed by atoms with E-state index in [0.29, 0.717) is 0 Å². The van der Waals surface area contributed by atoms with Gasteiger partial charge in [-0.25, -0.2) is 18.8 Å². The number of nitrogens with one attached hydrogen (secondary N) is 1. The van der Waals surface area contributed by atoms with Gasteiger partial charge < -0.3 is 19.5 Å². The number of rotatable bonds is 3. The summed E-state index contributed by atoms with van der Waals surface area (Å²) in [4.78, 5) is 35.5. The molecule has 1 saturated heterocycles. The molecule has 8 heteroatoms. The lowest BCUT2D eigenvalue weighted by molar-refractivity contribution is -0.222. The van der Waals surface area contributed by atoms with Gasteiger partial charge in [0.15, 0.2) is 5.57 Å². The lowest BCUT2D eigenvalue weighted by atomic mass is 10.1. The number of halogens is 1. The van der Waals surface area contributed by atoms with Crippen LogP contribution in [0.5, 0.6) is 0 Å². The molecule has 1 heterocycles. The third-order valence-corrected chi connectivity index (χ3v) is 3.19. The van der Waals surface area contributed by atoms with Crippen LogP contribution in [-0.4, -0.2) is 30.8 Å². The number of hydrogen-bond acceptors (Lipinski definition) is 7. The van der Waals surface area contributed by atoms with Crippen LogP contribution >= 0.6 is 0 Å². The molecule has 1 aromatic carbocycles. The second-order valence-corrected chi connectivity index (χ2v) is 5.52. The smallest absolute Gasteiger partial charge is 0.350 e. The molecule has 1 aromatic rings. The number of hydrogen-bond donors (Lipinski definition) is 1. The van der Waals surface area contributed by atoms with Crippen LogP contribution in [0.1, 0.15) is 29.8 Å². The predicted molar refractivity (Wildman–Crippen MR) is 80.4 cm³/mol. The molecule has 0 unspecified atom stereocenters. The second kappa shape index (κ2) is 6.31. The number of benzene rings is 1. The third-order valence-electron chi connectivity index (χ3n) is 3.19. The molecule has 0 aromatic heterocycles. The number of anilines is 1. The van der Waals surface area contributed by atoms with E-state index in [1.165, 1.54) is 33.9 Å². The van der Waals surface area contributed by atoms with Crippen LogP contribution in [0.2, 0.25) is 0 Å². The molecule has 0 bridgehead atoms. The highest BCUT2D eigenvalue weighted by molar-refractivity contribution is 6.15. The van der Waals surface area contributed by atoms with Crippen molar-refractivity contribution in [3.05, 3.63) is 40.8 Å². The van der Waals surface area contributed by atoms with Gasteiger partial charge in [-0.2, -0.15) is 0 Å². The van der Waals surface area contributed by atoms with Crippen LogP contribution in [0.4, 0.5) is 10.1 Å². The zero-order valence-electron chi connectivity index (χ0n) is 13.6. The standard InChI is InChI=1S/C16H16FNO6/c1-8-5-9(13(19)22-4)12(6-11(8)17)18-7-10-14(20)23-16(2,3)24-15(10)21/h5-7,18H,1-4H3. The summed E-state index contributed by atoms with van der Waals surface area (Å²) >= 11 is 0. The Morgan fingerprint density at radius 2 is 1.83 bits per heavy atom. The van der Waals surface area contributed by atoms with Crippen molar-refractivity contribution in [1.82, 2.24) is 0 Å². The van der Waals surface area contributed by atoms with Crippen LogP contribution < -0.4 is 5.32 Å². The Balaban J connectivity index is 2.35. The molecule has 0 radical (unpaired) electrons. The summed E-state index contributed by atoms with van der Waals surface area (Å²) in [6.45, 7) is 4.32. The van der Waals surface area contributed by atoms with E-state index in [1.54, 1.807) is 0 Å². The molecule has 24 heavy (non-hydrogen) atoms. The SMILES string of the molecule is COC(=O)c1cc(C)c(F)cc1NC=C1C(=O)OC(C)(C)OC1=O. The summed E-state index contributed by atoms with van der Waals surface area (Å²) in [6.07, 6.45) is 0.996. The molecule has 0 amide bonds. The number of aryl methyl sites for hydroxylation is 1. The first-order valence-electron chi connectivity index (χ1n) is 6.96. The molecule has 0 saturated carbocycles. The fourth-order valence-electron chi connectivity index (χ4n) is 2.01. The average molecular weight is 337 g/mol. The first-order chi connectivity index (χ1) is 11.1. The Morgan fingerprint density at radius 1 is 1.25 bits per heavy atom. The monoisotopic (exact) mass is 337 g/mol.